The molecule has 0 radical (unpaired) electrons. The summed E-state index contributed by atoms with van der Waals surface area (Å²) in [7, 11) is 0. The molecule has 1 amide bonds. The summed E-state index contributed by atoms with van der Waals surface area (Å²) in [5.74, 6) is 1.24. The molecule has 2 rings (SSSR count). The average Bonchev–Trinajstić information content (AvgIpc) is 2.57. The first-order chi connectivity index (χ1) is 11.2. The maximum absolute atomic E-state index is 12.2. The lowest BCUT2D eigenvalue weighted by atomic mass is 9.97. The molecule has 1 fully saturated rings. The molecule has 5 heteroatoms. The van der Waals surface area contributed by atoms with Gasteiger partial charge in [0.15, 0.2) is 0 Å². The van der Waals surface area contributed by atoms with E-state index in [1.807, 2.05) is 24.3 Å². The van der Waals surface area contributed by atoms with E-state index in [-0.39, 0.29) is 11.8 Å². The summed E-state index contributed by atoms with van der Waals surface area (Å²) in [5, 5.41) is 3.06. The Morgan fingerprint density at radius 2 is 2.17 bits per heavy atom. The van der Waals surface area contributed by atoms with Crippen molar-refractivity contribution in [1.29, 1.82) is 0 Å². The van der Waals surface area contributed by atoms with E-state index >= 15 is 0 Å². The lowest BCUT2D eigenvalue weighted by molar-refractivity contribution is -0.126. The molecule has 1 aliphatic rings. The summed E-state index contributed by atoms with van der Waals surface area (Å²) >= 11 is 3.42. The minimum Gasteiger partial charge on any atom is -0.492 e. The van der Waals surface area contributed by atoms with E-state index in [0.29, 0.717) is 6.61 Å². The normalized spacial score (nSPS) is 18.6. The van der Waals surface area contributed by atoms with Crippen LogP contribution in [-0.4, -0.2) is 43.6 Å². The van der Waals surface area contributed by atoms with Crippen LogP contribution >= 0.6 is 15.9 Å². The maximum Gasteiger partial charge on any atom is 0.224 e. The monoisotopic (exact) mass is 382 g/mol. The van der Waals surface area contributed by atoms with Crippen molar-refractivity contribution >= 4 is 21.8 Å². The topological polar surface area (TPSA) is 41.6 Å². The second-order valence-electron chi connectivity index (χ2n) is 6.09. The highest BCUT2D eigenvalue weighted by Gasteiger charge is 2.25. The number of carbonyl (C=O) groups excluding carboxylic acids is 1. The zero-order valence-electron chi connectivity index (χ0n) is 13.9. The highest BCUT2D eigenvalue weighted by atomic mass is 79.9. The van der Waals surface area contributed by atoms with E-state index in [1.165, 1.54) is 0 Å². The number of amides is 1. The Balaban J connectivity index is 1.69. The SMILES string of the molecule is CCCCNC(=O)C1CCCN(CCOc2ccc(Br)cc2)C1. The van der Waals surface area contributed by atoms with Crippen molar-refractivity contribution in [2.24, 2.45) is 5.92 Å². The molecule has 0 aromatic heterocycles. The summed E-state index contributed by atoms with van der Waals surface area (Å²) in [6.45, 7) is 6.38. The fourth-order valence-electron chi connectivity index (χ4n) is 2.83. The van der Waals surface area contributed by atoms with Gasteiger partial charge in [-0.1, -0.05) is 29.3 Å². The van der Waals surface area contributed by atoms with Gasteiger partial charge in [0.05, 0.1) is 5.92 Å². The Morgan fingerprint density at radius 1 is 1.39 bits per heavy atom. The molecule has 1 aliphatic heterocycles. The lowest BCUT2D eigenvalue weighted by Crippen LogP contribution is -2.44. The second kappa shape index (κ2) is 9.93. The first-order valence-corrected chi connectivity index (χ1v) is 9.36. The smallest absolute Gasteiger partial charge is 0.224 e. The lowest BCUT2D eigenvalue weighted by Gasteiger charge is -2.31. The molecular formula is C18H27BrN2O2. The van der Waals surface area contributed by atoms with Crippen LogP contribution in [0.2, 0.25) is 0 Å². The maximum atomic E-state index is 12.2. The van der Waals surface area contributed by atoms with Crippen LogP contribution in [0.15, 0.2) is 28.7 Å². The molecule has 1 aromatic rings. The van der Waals surface area contributed by atoms with Crippen molar-refractivity contribution in [3.05, 3.63) is 28.7 Å². The number of hydrogen-bond donors (Lipinski definition) is 1. The molecule has 1 atom stereocenters. The molecule has 1 N–H and O–H groups in total. The number of hydrogen-bond acceptors (Lipinski definition) is 3. The zero-order chi connectivity index (χ0) is 16.5. The predicted octanol–water partition coefficient (Wildman–Crippen LogP) is 3.46. The van der Waals surface area contributed by atoms with Gasteiger partial charge in [0, 0.05) is 24.1 Å². The van der Waals surface area contributed by atoms with E-state index in [4.69, 9.17) is 4.74 Å². The standard InChI is InChI=1S/C18H27BrN2O2/c1-2-3-10-20-18(22)15-5-4-11-21(14-15)12-13-23-17-8-6-16(19)7-9-17/h6-9,15H,2-5,10-14H2,1H3,(H,20,22). The van der Waals surface area contributed by atoms with Crippen LogP contribution < -0.4 is 10.1 Å². The Bertz CT molecular complexity index is 478. The third-order valence-electron chi connectivity index (χ3n) is 4.20. The number of unbranched alkanes of at least 4 members (excludes halogenated alkanes) is 1. The van der Waals surface area contributed by atoms with Gasteiger partial charge in [0.2, 0.25) is 5.91 Å². The number of likely N-dealkylation sites (tertiary alicyclic amines) is 1. The fraction of sp³-hybridized carbons (Fsp3) is 0.611. The Kier molecular flexibility index (Phi) is 7.89. The predicted molar refractivity (Wildman–Crippen MR) is 96.7 cm³/mol. The van der Waals surface area contributed by atoms with E-state index < -0.39 is 0 Å². The van der Waals surface area contributed by atoms with Crippen molar-refractivity contribution in [3.63, 3.8) is 0 Å². The van der Waals surface area contributed by atoms with Crippen LogP contribution in [0.3, 0.4) is 0 Å². The second-order valence-corrected chi connectivity index (χ2v) is 7.00. The molecule has 4 nitrogen and oxygen atoms in total. The molecule has 1 heterocycles. The van der Waals surface area contributed by atoms with E-state index in [1.54, 1.807) is 0 Å². The van der Waals surface area contributed by atoms with Gasteiger partial charge in [-0.3, -0.25) is 9.69 Å². The Labute approximate surface area is 147 Å². The van der Waals surface area contributed by atoms with Gasteiger partial charge in [0.1, 0.15) is 12.4 Å². The van der Waals surface area contributed by atoms with Crippen LogP contribution in [0.1, 0.15) is 32.6 Å². The molecule has 0 saturated carbocycles. The van der Waals surface area contributed by atoms with Crippen molar-refractivity contribution in [1.82, 2.24) is 10.2 Å². The number of halogens is 1. The molecule has 0 bridgehead atoms. The van der Waals surface area contributed by atoms with E-state index in [9.17, 15) is 4.79 Å². The molecule has 1 unspecified atom stereocenters. The zero-order valence-corrected chi connectivity index (χ0v) is 15.5. The number of ether oxygens (including phenoxy) is 1. The molecule has 23 heavy (non-hydrogen) atoms. The van der Waals surface area contributed by atoms with E-state index in [0.717, 1.165) is 62.1 Å². The third kappa shape index (κ3) is 6.51. The van der Waals surface area contributed by atoms with Crippen LogP contribution in [-0.2, 0) is 4.79 Å². The van der Waals surface area contributed by atoms with Gasteiger partial charge in [-0.15, -0.1) is 0 Å². The number of nitrogens with zero attached hydrogens (tertiary/aromatic N) is 1. The Morgan fingerprint density at radius 3 is 2.91 bits per heavy atom. The molecule has 0 spiro atoms. The van der Waals surface area contributed by atoms with Gasteiger partial charge in [-0.25, -0.2) is 0 Å². The first-order valence-electron chi connectivity index (χ1n) is 8.57. The first kappa shape index (κ1) is 18.3. The van der Waals surface area contributed by atoms with Crippen molar-refractivity contribution in [2.45, 2.75) is 32.6 Å². The minimum absolute atomic E-state index is 0.133. The van der Waals surface area contributed by atoms with Crippen molar-refractivity contribution in [3.8, 4) is 5.75 Å². The number of nitrogens with one attached hydrogen (secondary N) is 1. The molecule has 128 valence electrons. The average molecular weight is 383 g/mol. The highest BCUT2D eigenvalue weighted by Crippen LogP contribution is 2.18. The van der Waals surface area contributed by atoms with Gasteiger partial charge in [0.25, 0.3) is 0 Å². The van der Waals surface area contributed by atoms with Gasteiger partial charge < -0.3 is 10.1 Å². The number of benzene rings is 1. The number of carbonyl (C=O) groups is 1. The molecule has 0 aliphatic carbocycles. The summed E-state index contributed by atoms with van der Waals surface area (Å²) in [5.41, 5.74) is 0. The van der Waals surface area contributed by atoms with Crippen LogP contribution in [0.5, 0.6) is 5.75 Å². The van der Waals surface area contributed by atoms with Crippen molar-refractivity contribution in [2.75, 3.05) is 32.8 Å². The van der Waals surface area contributed by atoms with Gasteiger partial charge in [-0.05, 0) is 50.1 Å². The summed E-state index contributed by atoms with van der Waals surface area (Å²) in [6, 6.07) is 7.88. The van der Waals surface area contributed by atoms with Gasteiger partial charge >= 0.3 is 0 Å². The Hall–Kier alpha value is -1.07. The van der Waals surface area contributed by atoms with Crippen LogP contribution in [0, 0.1) is 5.92 Å². The third-order valence-corrected chi connectivity index (χ3v) is 4.72. The minimum atomic E-state index is 0.133. The number of rotatable bonds is 8. The summed E-state index contributed by atoms with van der Waals surface area (Å²) in [4.78, 5) is 14.5. The summed E-state index contributed by atoms with van der Waals surface area (Å²) in [6.07, 6.45) is 4.26. The number of piperidine rings is 1. The van der Waals surface area contributed by atoms with E-state index in [2.05, 4.69) is 33.1 Å². The quantitative estimate of drug-likeness (QED) is 0.699. The van der Waals surface area contributed by atoms with Gasteiger partial charge in [-0.2, -0.15) is 0 Å². The fourth-order valence-corrected chi connectivity index (χ4v) is 3.09. The van der Waals surface area contributed by atoms with Crippen LogP contribution in [0.25, 0.3) is 0 Å². The van der Waals surface area contributed by atoms with Crippen LogP contribution in [0.4, 0.5) is 0 Å². The molecular weight excluding hydrogens is 356 g/mol. The highest BCUT2D eigenvalue weighted by molar-refractivity contribution is 9.10. The molecule has 1 saturated heterocycles. The molecule has 1 aromatic carbocycles. The summed E-state index contributed by atoms with van der Waals surface area (Å²) < 4.78 is 6.83. The largest absolute Gasteiger partial charge is 0.492 e. The van der Waals surface area contributed by atoms with Crippen molar-refractivity contribution < 1.29 is 9.53 Å².